The van der Waals surface area contributed by atoms with Gasteiger partial charge in [0, 0.05) is 6.54 Å². The highest BCUT2D eigenvalue weighted by Crippen LogP contribution is 2.32. The fraction of sp³-hybridized carbons (Fsp3) is 0.667. The maximum Gasteiger partial charge on any atom is 0.445 e. The summed E-state index contributed by atoms with van der Waals surface area (Å²) in [5, 5.41) is 16.7. The zero-order chi connectivity index (χ0) is 10.8. The first-order valence-corrected chi connectivity index (χ1v) is 4.54. The molecule has 0 spiro atoms. The Morgan fingerprint density at radius 1 is 1.50 bits per heavy atom. The molecule has 0 aliphatic carbocycles. The van der Waals surface area contributed by atoms with E-state index < -0.39 is 17.3 Å². The van der Waals surface area contributed by atoms with Crippen LogP contribution in [0.1, 0.15) is 11.9 Å². The summed E-state index contributed by atoms with van der Waals surface area (Å²) in [5.41, 5.74) is 0. The molecule has 0 amide bonds. The third kappa shape index (κ3) is 3.11. The Kier molecular flexibility index (Phi) is 3.27. The van der Waals surface area contributed by atoms with Crippen LogP contribution < -0.4 is 5.32 Å². The Hall–Kier alpha value is -0.890. The smallest absolute Gasteiger partial charge is 0.392 e. The SMILES string of the molecule is CC(O)CNc1nnc(C(F)(F)F)s1. The number of rotatable bonds is 3. The van der Waals surface area contributed by atoms with Gasteiger partial charge >= 0.3 is 6.18 Å². The summed E-state index contributed by atoms with van der Waals surface area (Å²) in [7, 11) is 0. The molecule has 0 bridgehead atoms. The number of alkyl halides is 3. The average Bonchev–Trinajstić information content (AvgIpc) is 2.47. The van der Waals surface area contributed by atoms with Gasteiger partial charge in [-0.3, -0.25) is 0 Å². The third-order valence-corrected chi connectivity index (χ3v) is 2.14. The van der Waals surface area contributed by atoms with Crippen LogP contribution in [0.2, 0.25) is 0 Å². The largest absolute Gasteiger partial charge is 0.445 e. The van der Waals surface area contributed by atoms with Crippen LogP contribution in [0, 0.1) is 0 Å². The summed E-state index contributed by atoms with van der Waals surface area (Å²) in [4.78, 5) is 0. The second kappa shape index (κ2) is 4.09. The van der Waals surface area contributed by atoms with E-state index in [9.17, 15) is 13.2 Å². The van der Waals surface area contributed by atoms with Gasteiger partial charge in [0.1, 0.15) is 0 Å². The monoisotopic (exact) mass is 227 g/mol. The maximum atomic E-state index is 12.0. The van der Waals surface area contributed by atoms with E-state index >= 15 is 0 Å². The van der Waals surface area contributed by atoms with Gasteiger partial charge in [0.05, 0.1) is 6.10 Å². The Labute approximate surface area is 81.8 Å². The van der Waals surface area contributed by atoms with Gasteiger partial charge in [0.15, 0.2) is 0 Å². The van der Waals surface area contributed by atoms with Gasteiger partial charge in [0.2, 0.25) is 10.1 Å². The van der Waals surface area contributed by atoms with Crippen molar-refractivity contribution in [3.05, 3.63) is 5.01 Å². The van der Waals surface area contributed by atoms with Gasteiger partial charge in [-0.05, 0) is 6.92 Å². The third-order valence-electron chi connectivity index (χ3n) is 1.22. The minimum atomic E-state index is -4.46. The first-order chi connectivity index (χ1) is 6.39. The molecule has 4 nitrogen and oxygen atoms in total. The number of aromatic nitrogens is 2. The number of nitrogens with one attached hydrogen (secondary N) is 1. The molecule has 0 radical (unpaired) electrons. The zero-order valence-electron chi connectivity index (χ0n) is 7.17. The minimum Gasteiger partial charge on any atom is -0.392 e. The van der Waals surface area contributed by atoms with Gasteiger partial charge in [-0.2, -0.15) is 13.2 Å². The molecule has 0 saturated carbocycles. The highest BCUT2D eigenvalue weighted by molar-refractivity contribution is 7.15. The molecule has 0 aromatic carbocycles. The standard InChI is InChI=1S/C6H8F3N3OS/c1-3(13)2-10-5-12-11-4(14-5)6(7,8)9/h3,13H,2H2,1H3,(H,10,12). The molecule has 2 N–H and O–H groups in total. The maximum absolute atomic E-state index is 12.0. The molecule has 14 heavy (non-hydrogen) atoms. The second-order valence-electron chi connectivity index (χ2n) is 2.64. The predicted octanol–water partition coefficient (Wildman–Crippen LogP) is 1.35. The summed E-state index contributed by atoms with van der Waals surface area (Å²) in [6.07, 6.45) is -5.10. The van der Waals surface area contributed by atoms with Crippen molar-refractivity contribution >= 4 is 16.5 Å². The average molecular weight is 227 g/mol. The van der Waals surface area contributed by atoms with E-state index in [0.29, 0.717) is 11.3 Å². The van der Waals surface area contributed by atoms with Crippen molar-refractivity contribution < 1.29 is 18.3 Å². The molecular formula is C6H8F3N3OS. The highest BCUT2D eigenvalue weighted by Gasteiger charge is 2.35. The molecule has 80 valence electrons. The van der Waals surface area contributed by atoms with Crippen LogP contribution in [-0.2, 0) is 6.18 Å². The Morgan fingerprint density at radius 2 is 2.14 bits per heavy atom. The number of aliphatic hydroxyl groups excluding tert-OH is 1. The fourth-order valence-corrected chi connectivity index (χ4v) is 1.26. The van der Waals surface area contributed by atoms with Crippen molar-refractivity contribution in [3.63, 3.8) is 0 Å². The molecule has 1 rings (SSSR count). The molecule has 1 heterocycles. The zero-order valence-corrected chi connectivity index (χ0v) is 7.98. The van der Waals surface area contributed by atoms with Gasteiger partial charge in [0.25, 0.3) is 0 Å². The topological polar surface area (TPSA) is 58.0 Å². The van der Waals surface area contributed by atoms with Gasteiger partial charge in [-0.15, -0.1) is 10.2 Å². The second-order valence-corrected chi connectivity index (χ2v) is 3.62. The van der Waals surface area contributed by atoms with E-state index in [0.717, 1.165) is 0 Å². The van der Waals surface area contributed by atoms with Crippen LogP contribution in [0.5, 0.6) is 0 Å². The first kappa shape index (κ1) is 11.2. The lowest BCUT2D eigenvalue weighted by Crippen LogP contribution is -2.15. The summed E-state index contributed by atoms with van der Waals surface area (Å²) in [5.74, 6) is 0. The van der Waals surface area contributed by atoms with Crippen LogP contribution in [0.15, 0.2) is 0 Å². The summed E-state index contributed by atoms with van der Waals surface area (Å²) >= 11 is 0.412. The Balaban J connectivity index is 2.60. The summed E-state index contributed by atoms with van der Waals surface area (Å²) < 4.78 is 36.1. The normalized spacial score (nSPS) is 14.1. The number of halogens is 3. The van der Waals surface area contributed by atoms with Crippen molar-refractivity contribution in [1.29, 1.82) is 0 Å². The molecule has 0 saturated heterocycles. The molecule has 0 aliphatic heterocycles. The fourth-order valence-electron chi connectivity index (χ4n) is 0.644. The lowest BCUT2D eigenvalue weighted by molar-refractivity contribution is -0.138. The van der Waals surface area contributed by atoms with Gasteiger partial charge in [-0.25, -0.2) is 0 Å². The summed E-state index contributed by atoms with van der Waals surface area (Å²) in [6.45, 7) is 1.66. The van der Waals surface area contributed by atoms with Crippen molar-refractivity contribution in [1.82, 2.24) is 10.2 Å². The predicted molar refractivity (Wildman–Crippen MR) is 45.1 cm³/mol. The Morgan fingerprint density at radius 3 is 2.57 bits per heavy atom. The van der Waals surface area contributed by atoms with Gasteiger partial charge < -0.3 is 10.4 Å². The van der Waals surface area contributed by atoms with E-state index in [-0.39, 0.29) is 11.7 Å². The lowest BCUT2D eigenvalue weighted by atomic mass is 10.4. The molecule has 1 aromatic rings. The quantitative estimate of drug-likeness (QED) is 0.818. The number of aliphatic hydroxyl groups is 1. The van der Waals surface area contributed by atoms with Gasteiger partial charge in [-0.1, -0.05) is 11.3 Å². The van der Waals surface area contributed by atoms with E-state index in [1.54, 1.807) is 0 Å². The van der Waals surface area contributed by atoms with Crippen LogP contribution in [0.25, 0.3) is 0 Å². The molecule has 1 unspecified atom stereocenters. The molecule has 0 aliphatic rings. The number of nitrogens with zero attached hydrogens (tertiary/aromatic N) is 2. The number of hydrogen-bond donors (Lipinski definition) is 2. The summed E-state index contributed by atoms with van der Waals surface area (Å²) in [6, 6.07) is 0. The van der Waals surface area contributed by atoms with E-state index in [4.69, 9.17) is 5.11 Å². The first-order valence-electron chi connectivity index (χ1n) is 3.72. The van der Waals surface area contributed by atoms with E-state index in [2.05, 4.69) is 15.5 Å². The van der Waals surface area contributed by atoms with Crippen LogP contribution in [0.4, 0.5) is 18.3 Å². The van der Waals surface area contributed by atoms with E-state index in [1.807, 2.05) is 0 Å². The lowest BCUT2D eigenvalue weighted by Gasteiger charge is -2.03. The highest BCUT2D eigenvalue weighted by atomic mass is 32.1. The number of hydrogen-bond acceptors (Lipinski definition) is 5. The molecule has 0 fully saturated rings. The minimum absolute atomic E-state index is 0.0539. The van der Waals surface area contributed by atoms with E-state index in [1.165, 1.54) is 6.92 Å². The van der Waals surface area contributed by atoms with Crippen LogP contribution in [-0.4, -0.2) is 28.0 Å². The van der Waals surface area contributed by atoms with Crippen molar-refractivity contribution in [3.8, 4) is 0 Å². The Bertz CT molecular complexity index is 299. The molecular weight excluding hydrogens is 219 g/mol. The van der Waals surface area contributed by atoms with Crippen LogP contribution in [0.3, 0.4) is 0 Å². The van der Waals surface area contributed by atoms with Crippen molar-refractivity contribution in [2.24, 2.45) is 0 Å². The number of anilines is 1. The van der Waals surface area contributed by atoms with Crippen molar-refractivity contribution in [2.75, 3.05) is 11.9 Å². The van der Waals surface area contributed by atoms with Crippen LogP contribution >= 0.6 is 11.3 Å². The molecule has 1 atom stereocenters. The van der Waals surface area contributed by atoms with Crippen molar-refractivity contribution in [2.45, 2.75) is 19.2 Å². The molecule has 8 heteroatoms. The molecule has 1 aromatic heterocycles.